The van der Waals surface area contributed by atoms with Crippen LogP contribution in [0.15, 0.2) is 33.6 Å². The molecule has 0 amide bonds. The van der Waals surface area contributed by atoms with E-state index in [1.165, 1.54) is 0 Å². The van der Waals surface area contributed by atoms with Crippen LogP contribution in [0.4, 0.5) is 0 Å². The number of sulfonamides is 1. The summed E-state index contributed by atoms with van der Waals surface area (Å²) >= 11 is 3.31. The van der Waals surface area contributed by atoms with Gasteiger partial charge in [0.15, 0.2) is 0 Å². The molecule has 0 aliphatic carbocycles. The SMILES string of the molecule is CC(N)C1CCCCN1S(=O)(=O)c1ccc(Br)cc1.Cl. The van der Waals surface area contributed by atoms with E-state index in [0.29, 0.717) is 11.4 Å². The van der Waals surface area contributed by atoms with Crippen molar-refractivity contribution in [1.29, 1.82) is 0 Å². The molecule has 1 heterocycles. The number of rotatable bonds is 3. The topological polar surface area (TPSA) is 63.4 Å². The quantitative estimate of drug-likeness (QED) is 0.873. The second-order valence-electron chi connectivity index (χ2n) is 4.99. The van der Waals surface area contributed by atoms with E-state index in [-0.39, 0.29) is 24.5 Å². The Hall–Kier alpha value is -0.140. The lowest BCUT2D eigenvalue weighted by molar-refractivity contribution is 0.227. The van der Waals surface area contributed by atoms with E-state index in [1.807, 2.05) is 6.92 Å². The normalized spacial score (nSPS) is 22.1. The number of piperidine rings is 1. The Kier molecular flexibility index (Phi) is 6.47. The number of nitrogens with zero attached hydrogens (tertiary/aromatic N) is 1. The maximum atomic E-state index is 12.7. The molecule has 2 unspecified atom stereocenters. The largest absolute Gasteiger partial charge is 0.326 e. The van der Waals surface area contributed by atoms with E-state index in [2.05, 4.69) is 15.9 Å². The van der Waals surface area contributed by atoms with Crippen LogP contribution < -0.4 is 5.73 Å². The maximum absolute atomic E-state index is 12.7. The Morgan fingerprint density at radius 3 is 2.45 bits per heavy atom. The van der Waals surface area contributed by atoms with Crippen molar-refractivity contribution in [3.63, 3.8) is 0 Å². The van der Waals surface area contributed by atoms with Crippen molar-refractivity contribution in [2.75, 3.05) is 6.54 Å². The molecule has 0 spiro atoms. The van der Waals surface area contributed by atoms with Gasteiger partial charge in [0.05, 0.1) is 4.90 Å². The fraction of sp³-hybridized carbons (Fsp3) is 0.538. The smallest absolute Gasteiger partial charge is 0.243 e. The zero-order valence-electron chi connectivity index (χ0n) is 11.3. The van der Waals surface area contributed by atoms with Crippen LogP contribution in [0.1, 0.15) is 26.2 Å². The predicted octanol–water partition coefficient (Wildman–Crippen LogP) is 2.76. The van der Waals surface area contributed by atoms with Crippen molar-refractivity contribution < 1.29 is 8.42 Å². The van der Waals surface area contributed by atoms with Crippen LogP contribution in [-0.4, -0.2) is 31.4 Å². The van der Waals surface area contributed by atoms with E-state index < -0.39 is 10.0 Å². The summed E-state index contributed by atoms with van der Waals surface area (Å²) in [5, 5.41) is 0. The zero-order valence-corrected chi connectivity index (χ0v) is 14.5. The Morgan fingerprint density at radius 1 is 1.30 bits per heavy atom. The molecule has 1 aliphatic heterocycles. The summed E-state index contributed by atoms with van der Waals surface area (Å²) in [6.07, 6.45) is 2.78. The molecule has 1 saturated heterocycles. The highest BCUT2D eigenvalue weighted by atomic mass is 79.9. The Morgan fingerprint density at radius 2 is 1.90 bits per heavy atom. The van der Waals surface area contributed by atoms with Crippen LogP contribution in [-0.2, 0) is 10.0 Å². The maximum Gasteiger partial charge on any atom is 0.243 e. The summed E-state index contributed by atoms with van der Waals surface area (Å²) in [6.45, 7) is 2.44. The van der Waals surface area contributed by atoms with Crippen LogP contribution in [0.25, 0.3) is 0 Å². The fourth-order valence-corrected chi connectivity index (χ4v) is 4.53. The van der Waals surface area contributed by atoms with Crippen molar-refractivity contribution in [3.05, 3.63) is 28.7 Å². The third-order valence-corrected chi connectivity index (χ3v) is 5.99. The van der Waals surface area contributed by atoms with Gasteiger partial charge in [-0.05, 0) is 44.0 Å². The van der Waals surface area contributed by atoms with Crippen LogP contribution >= 0.6 is 28.3 Å². The van der Waals surface area contributed by atoms with E-state index in [1.54, 1.807) is 28.6 Å². The first-order valence-corrected chi connectivity index (χ1v) is 8.69. The van der Waals surface area contributed by atoms with Crippen LogP contribution in [0.5, 0.6) is 0 Å². The molecule has 0 bridgehead atoms. The van der Waals surface area contributed by atoms with Gasteiger partial charge in [-0.25, -0.2) is 8.42 Å². The molecule has 114 valence electrons. The number of halogens is 2. The van der Waals surface area contributed by atoms with Crippen molar-refractivity contribution in [2.45, 2.75) is 43.2 Å². The second kappa shape index (κ2) is 7.22. The standard InChI is InChI=1S/C13H19BrN2O2S.ClH/c1-10(15)13-4-2-3-9-16(13)19(17,18)12-7-5-11(14)6-8-12;/h5-8,10,13H,2-4,9,15H2,1H3;1H. The van der Waals surface area contributed by atoms with Gasteiger partial charge in [0, 0.05) is 23.1 Å². The zero-order chi connectivity index (χ0) is 14.0. The van der Waals surface area contributed by atoms with Gasteiger partial charge in [-0.2, -0.15) is 4.31 Å². The van der Waals surface area contributed by atoms with Gasteiger partial charge in [-0.15, -0.1) is 12.4 Å². The number of hydrogen-bond acceptors (Lipinski definition) is 3. The molecule has 4 nitrogen and oxygen atoms in total. The highest BCUT2D eigenvalue weighted by Crippen LogP contribution is 2.27. The molecule has 1 aliphatic rings. The molecule has 20 heavy (non-hydrogen) atoms. The second-order valence-corrected chi connectivity index (χ2v) is 7.80. The van der Waals surface area contributed by atoms with Gasteiger partial charge >= 0.3 is 0 Å². The van der Waals surface area contributed by atoms with Gasteiger partial charge < -0.3 is 5.73 Å². The van der Waals surface area contributed by atoms with Crippen LogP contribution in [0, 0.1) is 0 Å². The Labute approximate surface area is 135 Å². The van der Waals surface area contributed by atoms with Gasteiger partial charge in [0.1, 0.15) is 0 Å². The van der Waals surface area contributed by atoms with E-state index in [0.717, 1.165) is 23.7 Å². The molecule has 0 saturated carbocycles. The lowest BCUT2D eigenvalue weighted by atomic mass is 10.00. The Bertz CT molecular complexity index is 534. The number of hydrogen-bond donors (Lipinski definition) is 1. The minimum absolute atomic E-state index is 0. The lowest BCUT2D eigenvalue weighted by Gasteiger charge is -2.36. The minimum Gasteiger partial charge on any atom is -0.326 e. The van der Waals surface area contributed by atoms with Crippen molar-refractivity contribution in [1.82, 2.24) is 4.31 Å². The highest BCUT2D eigenvalue weighted by Gasteiger charge is 2.35. The van der Waals surface area contributed by atoms with Crippen molar-refractivity contribution in [3.8, 4) is 0 Å². The minimum atomic E-state index is -3.44. The first-order chi connectivity index (χ1) is 8.93. The van der Waals surface area contributed by atoms with Gasteiger partial charge in [-0.1, -0.05) is 22.4 Å². The first kappa shape index (κ1) is 17.9. The summed E-state index contributed by atoms with van der Waals surface area (Å²) in [7, 11) is -3.44. The Balaban J connectivity index is 0.00000200. The lowest BCUT2D eigenvalue weighted by Crippen LogP contribution is -2.51. The van der Waals surface area contributed by atoms with E-state index >= 15 is 0 Å². The molecule has 2 N–H and O–H groups in total. The molecule has 2 rings (SSSR count). The summed E-state index contributed by atoms with van der Waals surface area (Å²) in [4.78, 5) is 0.336. The summed E-state index contributed by atoms with van der Waals surface area (Å²) < 4.78 is 27.8. The summed E-state index contributed by atoms with van der Waals surface area (Å²) in [6, 6.07) is 6.52. The van der Waals surface area contributed by atoms with E-state index in [9.17, 15) is 8.42 Å². The number of benzene rings is 1. The van der Waals surface area contributed by atoms with E-state index in [4.69, 9.17) is 5.73 Å². The van der Waals surface area contributed by atoms with Gasteiger partial charge in [-0.3, -0.25) is 0 Å². The number of nitrogens with two attached hydrogens (primary N) is 1. The molecular weight excluding hydrogens is 364 g/mol. The molecule has 1 fully saturated rings. The summed E-state index contributed by atoms with van der Waals surface area (Å²) in [5.41, 5.74) is 5.94. The highest BCUT2D eigenvalue weighted by molar-refractivity contribution is 9.10. The van der Waals surface area contributed by atoms with Crippen LogP contribution in [0.3, 0.4) is 0 Å². The van der Waals surface area contributed by atoms with Crippen molar-refractivity contribution >= 4 is 38.4 Å². The third kappa shape index (κ3) is 3.74. The molecule has 0 aromatic heterocycles. The van der Waals surface area contributed by atoms with Crippen LogP contribution in [0.2, 0.25) is 0 Å². The van der Waals surface area contributed by atoms with Gasteiger partial charge in [0.25, 0.3) is 0 Å². The molecular formula is C13H20BrClN2O2S. The molecule has 1 aromatic rings. The molecule has 1 aromatic carbocycles. The molecule has 7 heteroatoms. The molecule has 2 atom stereocenters. The van der Waals surface area contributed by atoms with Crippen molar-refractivity contribution in [2.24, 2.45) is 5.73 Å². The summed E-state index contributed by atoms with van der Waals surface area (Å²) in [5.74, 6) is 0. The average molecular weight is 384 g/mol. The predicted molar refractivity (Wildman–Crippen MR) is 86.6 cm³/mol. The van der Waals surface area contributed by atoms with Gasteiger partial charge in [0.2, 0.25) is 10.0 Å². The first-order valence-electron chi connectivity index (χ1n) is 6.46. The monoisotopic (exact) mass is 382 g/mol. The average Bonchev–Trinajstić information content (AvgIpc) is 2.39. The fourth-order valence-electron chi connectivity index (χ4n) is 2.50. The molecule has 0 radical (unpaired) electrons. The third-order valence-electron chi connectivity index (χ3n) is 3.53.